The zero-order valence-electron chi connectivity index (χ0n) is 11.7. The Kier molecular flexibility index (Phi) is 3.43. The van der Waals surface area contributed by atoms with Gasteiger partial charge in [-0.25, -0.2) is 4.90 Å². The molecule has 1 aliphatic rings. The first-order valence-corrected chi connectivity index (χ1v) is 7.34. The molecule has 1 saturated heterocycles. The molecule has 21 heavy (non-hydrogen) atoms. The average molecular weight is 298 g/mol. The van der Waals surface area contributed by atoms with Gasteiger partial charge < -0.3 is 4.57 Å². The lowest BCUT2D eigenvalue weighted by molar-refractivity contribution is -0.113. The van der Waals surface area contributed by atoms with E-state index in [0.29, 0.717) is 10.6 Å². The van der Waals surface area contributed by atoms with E-state index >= 15 is 0 Å². The molecule has 0 saturated carbocycles. The number of amides is 2. The number of carbonyl (C=O) groups is 2. The van der Waals surface area contributed by atoms with Gasteiger partial charge in [0.05, 0.1) is 10.6 Å². The molecule has 2 amide bonds. The molecule has 0 N–H and O–H groups in total. The smallest absolute Gasteiger partial charge is 0.298 e. The number of anilines is 1. The average Bonchev–Trinajstić information content (AvgIpc) is 2.97. The summed E-state index contributed by atoms with van der Waals surface area (Å²) in [6.45, 7) is 1.97. The topological polar surface area (TPSA) is 42.3 Å². The monoisotopic (exact) mass is 298 g/mol. The predicted octanol–water partition coefficient (Wildman–Crippen LogP) is 3.57. The van der Waals surface area contributed by atoms with Crippen LogP contribution in [0.2, 0.25) is 0 Å². The maximum atomic E-state index is 12.4. The normalized spacial score (nSPS) is 17.0. The molecule has 106 valence electrons. The van der Waals surface area contributed by atoms with Gasteiger partial charge in [0.15, 0.2) is 0 Å². The number of nitrogens with zero attached hydrogens (tertiary/aromatic N) is 2. The van der Waals surface area contributed by atoms with Crippen molar-refractivity contribution in [1.82, 2.24) is 4.57 Å². The Hall–Kier alpha value is -2.27. The van der Waals surface area contributed by atoms with Gasteiger partial charge in [0, 0.05) is 18.9 Å². The van der Waals surface area contributed by atoms with Crippen LogP contribution in [-0.2, 0) is 11.8 Å². The number of rotatable bonds is 2. The molecule has 1 aliphatic heterocycles. The molecule has 5 heteroatoms. The van der Waals surface area contributed by atoms with Gasteiger partial charge in [-0.1, -0.05) is 17.7 Å². The molecular formula is C16H14N2O2S. The molecule has 3 rings (SSSR count). The maximum absolute atomic E-state index is 12.4. The summed E-state index contributed by atoms with van der Waals surface area (Å²) in [7, 11) is 1.90. The largest absolute Gasteiger partial charge is 0.351 e. The van der Waals surface area contributed by atoms with E-state index in [1.165, 1.54) is 4.90 Å². The van der Waals surface area contributed by atoms with Crippen LogP contribution in [0.3, 0.4) is 0 Å². The molecule has 1 fully saturated rings. The second-order valence-corrected chi connectivity index (χ2v) is 5.89. The standard InChI is InChI=1S/C16H14N2O2S/c1-11-5-7-12(8-6-11)18-15(19)14(21-16(18)20)10-13-4-3-9-17(13)2/h3-10H,1-2H3. The lowest BCUT2D eigenvalue weighted by Gasteiger charge is -2.12. The Bertz CT molecular complexity index is 744. The van der Waals surface area contributed by atoms with Gasteiger partial charge in [-0.3, -0.25) is 9.59 Å². The molecular weight excluding hydrogens is 284 g/mol. The quantitative estimate of drug-likeness (QED) is 0.796. The summed E-state index contributed by atoms with van der Waals surface area (Å²) in [6, 6.07) is 11.2. The molecule has 2 heterocycles. The van der Waals surface area contributed by atoms with E-state index in [1.807, 2.05) is 49.0 Å². The van der Waals surface area contributed by atoms with E-state index in [4.69, 9.17) is 0 Å². The van der Waals surface area contributed by atoms with Crippen LogP contribution in [0.5, 0.6) is 0 Å². The Morgan fingerprint density at radius 1 is 1.10 bits per heavy atom. The number of benzene rings is 1. The highest BCUT2D eigenvalue weighted by molar-refractivity contribution is 8.19. The van der Waals surface area contributed by atoms with Crippen LogP contribution in [0.4, 0.5) is 10.5 Å². The summed E-state index contributed by atoms with van der Waals surface area (Å²) >= 11 is 0.973. The summed E-state index contributed by atoms with van der Waals surface area (Å²) in [6.07, 6.45) is 3.65. The number of thioether (sulfide) groups is 1. The summed E-state index contributed by atoms with van der Waals surface area (Å²) in [5, 5.41) is -0.260. The van der Waals surface area contributed by atoms with Gasteiger partial charge in [-0.2, -0.15) is 0 Å². The summed E-state index contributed by atoms with van der Waals surface area (Å²) < 4.78 is 1.90. The summed E-state index contributed by atoms with van der Waals surface area (Å²) in [5.41, 5.74) is 2.59. The summed E-state index contributed by atoms with van der Waals surface area (Å²) in [5.74, 6) is -0.268. The van der Waals surface area contributed by atoms with Crippen LogP contribution in [0.15, 0.2) is 47.5 Å². The zero-order valence-corrected chi connectivity index (χ0v) is 12.6. The van der Waals surface area contributed by atoms with Gasteiger partial charge in [-0.05, 0) is 49.0 Å². The highest BCUT2D eigenvalue weighted by Gasteiger charge is 2.36. The molecule has 2 aromatic rings. The van der Waals surface area contributed by atoms with Gasteiger partial charge in [0.2, 0.25) is 0 Å². The van der Waals surface area contributed by atoms with Crippen LogP contribution in [0, 0.1) is 6.92 Å². The molecule has 0 aliphatic carbocycles. The van der Waals surface area contributed by atoms with Crippen molar-refractivity contribution in [3.05, 3.63) is 58.8 Å². The predicted molar refractivity (Wildman–Crippen MR) is 85.0 cm³/mol. The molecule has 1 aromatic carbocycles. The van der Waals surface area contributed by atoms with Crippen molar-refractivity contribution < 1.29 is 9.59 Å². The first kappa shape index (κ1) is 13.7. The van der Waals surface area contributed by atoms with Gasteiger partial charge >= 0.3 is 0 Å². The minimum atomic E-state index is -0.268. The molecule has 0 radical (unpaired) electrons. The first-order valence-electron chi connectivity index (χ1n) is 6.52. The molecule has 0 bridgehead atoms. The molecule has 0 atom stereocenters. The highest BCUT2D eigenvalue weighted by atomic mass is 32.2. The Labute approximate surface area is 127 Å². The van der Waals surface area contributed by atoms with E-state index in [9.17, 15) is 9.59 Å². The molecule has 1 aromatic heterocycles. The molecule has 0 unspecified atom stereocenters. The highest BCUT2D eigenvalue weighted by Crippen LogP contribution is 2.35. The van der Waals surface area contributed by atoms with Crippen molar-refractivity contribution in [2.75, 3.05) is 4.90 Å². The van der Waals surface area contributed by atoms with Crippen molar-refractivity contribution >= 4 is 34.7 Å². The molecule has 4 nitrogen and oxygen atoms in total. The number of aryl methyl sites for hydroxylation is 2. The third-order valence-corrected chi connectivity index (χ3v) is 4.22. The Morgan fingerprint density at radius 3 is 2.43 bits per heavy atom. The fraction of sp³-hybridized carbons (Fsp3) is 0.125. The third kappa shape index (κ3) is 2.52. The zero-order chi connectivity index (χ0) is 15.0. The van der Waals surface area contributed by atoms with Crippen LogP contribution in [0.1, 0.15) is 11.3 Å². The van der Waals surface area contributed by atoms with Gasteiger partial charge in [0.1, 0.15) is 0 Å². The van der Waals surface area contributed by atoms with Crippen molar-refractivity contribution in [2.24, 2.45) is 7.05 Å². The minimum Gasteiger partial charge on any atom is -0.351 e. The third-order valence-electron chi connectivity index (χ3n) is 3.35. The Balaban J connectivity index is 1.94. The van der Waals surface area contributed by atoms with E-state index in [-0.39, 0.29) is 11.1 Å². The fourth-order valence-electron chi connectivity index (χ4n) is 2.14. The van der Waals surface area contributed by atoms with Crippen LogP contribution < -0.4 is 4.90 Å². The number of imide groups is 1. The Morgan fingerprint density at radius 2 is 1.81 bits per heavy atom. The van der Waals surface area contributed by atoms with Crippen molar-refractivity contribution in [1.29, 1.82) is 0 Å². The van der Waals surface area contributed by atoms with E-state index in [1.54, 1.807) is 18.2 Å². The second-order valence-electron chi connectivity index (χ2n) is 4.90. The first-order chi connectivity index (χ1) is 10.1. The number of hydrogen-bond acceptors (Lipinski definition) is 3. The van der Waals surface area contributed by atoms with Gasteiger partial charge in [0.25, 0.3) is 11.1 Å². The van der Waals surface area contributed by atoms with Crippen molar-refractivity contribution in [2.45, 2.75) is 6.92 Å². The number of carbonyl (C=O) groups excluding carboxylic acids is 2. The van der Waals surface area contributed by atoms with E-state index < -0.39 is 0 Å². The van der Waals surface area contributed by atoms with Crippen molar-refractivity contribution in [3.63, 3.8) is 0 Å². The summed E-state index contributed by atoms with van der Waals surface area (Å²) in [4.78, 5) is 26.2. The van der Waals surface area contributed by atoms with Crippen LogP contribution >= 0.6 is 11.8 Å². The van der Waals surface area contributed by atoms with Crippen molar-refractivity contribution in [3.8, 4) is 0 Å². The van der Waals surface area contributed by atoms with E-state index in [2.05, 4.69) is 0 Å². The lowest BCUT2D eigenvalue weighted by Crippen LogP contribution is -2.27. The SMILES string of the molecule is Cc1ccc(N2C(=O)SC(=Cc3cccn3C)C2=O)cc1. The van der Waals surface area contributed by atoms with E-state index in [0.717, 1.165) is 23.0 Å². The van der Waals surface area contributed by atoms with Crippen LogP contribution in [-0.4, -0.2) is 15.7 Å². The minimum absolute atomic E-state index is 0.260. The lowest BCUT2D eigenvalue weighted by atomic mass is 10.2. The number of aromatic nitrogens is 1. The fourth-order valence-corrected chi connectivity index (χ4v) is 2.97. The van der Waals surface area contributed by atoms with Gasteiger partial charge in [-0.15, -0.1) is 0 Å². The molecule has 0 spiro atoms. The maximum Gasteiger partial charge on any atom is 0.298 e. The number of hydrogen-bond donors (Lipinski definition) is 0. The van der Waals surface area contributed by atoms with Crippen LogP contribution in [0.25, 0.3) is 6.08 Å². The second kappa shape index (κ2) is 5.26.